The summed E-state index contributed by atoms with van der Waals surface area (Å²) in [6.45, 7) is 0. The lowest BCUT2D eigenvalue weighted by atomic mass is 10.0. The van der Waals surface area contributed by atoms with Crippen LogP contribution in [0.3, 0.4) is 0 Å². The van der Waals surface area contributed by atoms with Gasteiger partial charge in [-0.15, -0.1) is 5.10 Å². The average Bonchev–Trinajstić information content (AvgIpc) is 3.51. The molecule has 0 bridgehead atoms. The monoisotopic (exact) mass is 506 g/mol. The van der Waals surface area contributed by atoms with E-state index in [0.717, 1.165) is 35.9 Å². The summed E-state index contributed by atoms with van der Waals surface area (Å²) in [5.41, 5.74) is 3.67. The van der Waals surface area contributed by atoms with Crippen molar-refractivity contribution < 1.29 is 17.9 Å². The number of hydrogen-bond acceptors (Lipinski definition) is 7. The fraction of sp³-hybridized carbons (Fsp3) is 0.280. The van der Waals surface area contributed by atoms with E-state index in [-0.39, 0.29) is 5.82 Å². The van der Waals surface area contributed by atoms with E-state index < -0.39 is 11.9 Å². The van der Waals surface area contributed by atoms with Gasteiger partial charge in [-0.1, -0.05) is 24.3 Å². The number of rotatable bonds is 6. The van der Waals surface area contributed by atoms with Crippen molar-refractivity contribution in [2.24, 2.45) is 7.05 Å². The Kier molecular flexibility index (Phi) is 5.39. The molecule has 0 atom stereocenters. The van der Waals surface area contributed by atoms with Crippen LogP contribution < -0.4 is 4.74 Å². The highest BCUT2D eigenvalue weighted by molar-refractivity contribution is 5.68. The highest BCUT2D eigenvalue weighted by atomic mass is 19.4. The second-order valence-electron chi connectivity index (χ2n) is 8.97. The molecular weight excluding hydrogens is 485 g/mol. The Balaban J connectivity index is 1.32. The Hall–Kier alpha value is -4.35. The summed E-state index contributed by atoms with van der Waals surface area (Å²) in [5.74, 6) is 1.50. The SMILES string of the molecule is COc1ncnc(C2CC2)c1-c1nc2c(Cc3ccc(-c4nc(C(F)(F)F)cn4C)cc3)cncn2n1. The van der Waals surface area contributed by atoms with Gasteiger partial charge >= 0.3 is 6.18 Å². The van der Waals surface area contributed by atoms with Crippen molar-refractivity contribution in [2.75, 3.05) is 7.11 Å². The number of halogens is 3. The quantitative estimate of drug-likeness (QED) is 0.335. The van der Waals surface area contributed by atoms with Crippen molar-refractivity contribution in [1.29, 1.82) is 0 Å². The Morgan fingerprint density at radius 2 is 1.86 bits per heavy atom. The normalized spacial score (nSPS) is 13.9. The van der Waals surface area contributed by atoms with Crippen LogP contribution in [0, 0.1) is 0 Å². The third-order valence-corrected chi connectivity index (χ3v) is 6.32. The first kappa shape index (κ1) is 23.1. The van der Waals surface area contributed by atoms with Crippen molar-refractivity contribution in [3.8, 4) is 28.7 Å². The van der Waals surface area contributed by atoms with Gasteiger partial charge in [-0.2, -0.15) is 13.2 Å². The lowest BCUT2D eigenvalue weighted by Gasteiger charge is -2.08. The number of methoxy groups -OCH3 is 1. The maximum Gasteiger partial charge on any atom is 0.434 e. The van der Waals surface area contributed by atoms with Crippen LogP contribution in [-0.2, 0) is 19.6 Å². The van der Waals surface area contributed by atoms with Crippen molar-refractivity contribution in [3.63, 3.8) is 0 Å². The maximum absolute atomic E-state index is 13.0. The standard InChI is InChI=1S/C25H21F3N8O/c1-35-11-18(25(26,27)28)32-22(35)16-5-3-14(4-6-16)9-17-10-29-13-36-23(17)33-21(34-36)19-20(15-7-8-15)30-12-31-24(19)37-2/h3-6,10-13,15H,7-9H2,1-2H3. The van der Waals surface area contributed by atoms with Crippen LogP contribution in [0.5, 0.6) is 5.88 Å². The zero-order valence-electron chi connectivity index (χ0n) is 19.9. The second kappa shape index (κ2) is 8.64. The average molecular weight is 506 g/mol. The zero-order valence-corrected chi connectivity index (χ0v) is 19.9. The minimum Gasteiger partial charge on any atom is -0.480 e. The molecule has 188 valence electrons. The molecule has 4 aromatic heterocycles. The highest BCUT2D eigenvalue weighted by Gasteiger charge is 2.34. The number of benzene rings is 1. The van der Waals surface area contributed by atoms with E-state index in [1.54, 1.807) is 43.3 Å². The topological polar surface area (TPSA) is 95.9 Å². The van der Waals surface area contributed by atoms with Gasteiger partial charge in [-0.05, 0) is 18.4 Å². The fourth-order valence-corrected chi connectivity index (χ4v) is 4.37. The van der Waals surface area contributed by atoms with Gasteiger partial charge in [0, 0.05) is 42.9 Å². The number of ether oxygens (including phenoxy) is 1. The van der Waals surface area contributed by atoms with Crippen molar-refractivity contribution >= 4 is 5.65 Å². The van der Waals surface area contributed by atoms with Crippen LogP contribution in [0.4, 0.5) is 13.2 Å². The number of alkyl halides is 3. The molecule has 1 aliphatic carbocycles. The summed E-state index contributed by atoms with van der Waals surface area (Å²) < 4.78 is 47.6. The number of nitrogens with zero attached hydrogens (tertiary/aromatic N) is 8. The first-order chi connectivity index (χ1) is 17.8. The minimum atomic E-state index is -4.49. The molecular formula is C25H21F3N8O. The third-order valence-electron chi connectivity index (χ3n) is 6.32. The van der Waals surface area contributed by atoms with Gasteiger partial charge < -0.3 is 9.30 Å². The van der Waals surface area contributed by atoms with Gasteiger partial charge in [0.05, 0.1) is 12.8 Å². The lowest BCUT2D eigenvalue weighted by Crippen LogP contribution is -2.04. The molecule has 12 heteroatoms. The van der Waals surface area contributed by atoms with Gasteiger partial charge in [-0.3, -0.25) is 0 Å². The second-order valence-corrected chi connectivity index (χ2v) is 8.97. The summed E-state index contributed by atoms with van der Waals surface area (Å²) in [6.07, 6.45) is 3.92. The van der Waals surface area contributed by atoms with Gasteiger partial charge in [0.1, 0.15) is 24.0 Å². The van der Waals surface area contributed by atoms with E-state index >= 15 is 0 Å². The minimum absolute atomic E-state index is 0.246. The predicted molar refractivity (Wildman–Crippen MR) is 127 cm³/mol. The molecule has 1 fully saturated rings. The van der Waals surface area contributed by atoms with Crippen LogP contribution in [0.2, 0.25) is 0 Å². The largest absolute Gasteiger partial charge is 0.480 e. The predicted octanol–water partition coefficient (Wildman–Crippen LogP) is 4.48. The van der Waals surface area contributed by atoms with E-state index in [0.29, 0.717) is 40.8 Å². The van der Waals surface area contributed by atoms with E-state index in [4.69, 9.17) is 9.72 Å². The van der Waals surface area contributed by atoms with Crippen LogP contribution in [0.1, 0.15) is 41.3 Å². The molecule has 0 spiro atoms. The molecule has 0 unspecified atom stereocenters. The van der Waals surface area contributed by atoms with E-state index in [1.807, 2.05) is 12.1 Å². The summed E-state index contributed by atoms with van der Waals surface area (Å²) in [6, 6.07) is 7.23. The lowest BCUT2D eigenvalue weighted by molar-refractivity contribution is -0.140. The van der Waals surface area contributed by atoms with Gasteiger partial charge in [-0.25, -0.2) is 29.4 Å². The van der Waals surface area contributed by atoms with Crippen LogP contribution >= 0.6 is 0 Å². The molecule has 9 nitrogen and oxygen atoms in total. The van der Waals surface area contributed by atoms with Crippen molar-refractivity contribution in [1.82, 2.24) is 39.1 Å². The molecule has 5 aromatic rings. The van der Waals surface area contributed by atoms with Gasteiger partial charge in [0.15, 0.2) is 17.2 Å². The zero-order chi connectivity index (χ0) is 25.7. The molecule has 0 radical (unpaired) electrons. The Bertz CT molecular complexity index is 1600. The molecule has 6 rings (SSSR count). The molecule has 0 amide bonds. The Labute approximate surface area is 209 Å². The highest BCUT2D eigenvalue weighted by Crippen LogP contribution is 2.45. The number of fused-ring (bicyclic) bond motifs is 1. The molecule has 4 heterocycles. The summed E-state index contributed by atoms with van der Waals surface area (Å²) >= 11 is 0. The van der Waals surface area contributed by atoms with Crippen LogP contribution in [0.15, 0.2) is 49.3 Å². The Morgan fingerprint density at radius 3 is 2.54 bits per heavy atom. The van der Waals surface area contributed by atoms with Crippen molar-refractivity contribution in [2.45, 2.75) is 31.4 Å². The van der Waals surface area contributed by atoms with Crippen LogP contribution in [-0.4, -0.2) is 46.2 Å². The molecule has 0 saturated heterocycles. The van der Waals surface area contributed by atoms with Crippen LogP contribution in [0.25, 0.3) is 28.4 Å². The molecule has 0 N–H and O–H groups in total. The fourth-order valence-electron chi connectivity index (χ4n) is 4.37. The number of hydrogen-bond donors (Lipinski definition) is 0. The molecule has 1 aromatic carbocycles. The smallest absolute Gasteiger partial charge is 0.434 e. The summed E-state index contributed by atoms with van der Waals surface area (Å²) in [7, 11) is 3.10. The molecule has 0 aliphatic heterocycles. The summed E-state index contributed by atoms with van der Waals surface area (Å²) in [4.78, 5) is 21.6. The molecule has 1 saturated carbocycles. The number of aromatic nitrogens is 8. The molecule has 1 aliphatic rings. The maximum atomic E-state index is 13.0. The van der Waals surface area contributed by atoms with Crippen molar-refractivity contribution in [3.05, 3.63) is 71.8 Å². The van der Waals surface area contributed by atoms with E-state index in [2.05, 4.69) is 25.0 Å². The number of aryl methyl sites for hydroxylation is 1. The van der Waals surface area contributed by atoms with Gasteiger partial charge in [0.2, 0.25) is 5.88 Å². The molecule has 37 heavy (non-hydrogen) atoms. The van der Waals surface area contributed by atoms with Gasteiger partial charge in [0.25, 0.3) is 0 Å². The van der Waals surface area contributed by atoms with E-state index in [1.165, 1.54) is 10.9 Å². The Morgan fingerprint density at radius 1 is 1.08 bits per heavy atom. The van der Waals surface area contributed by atoms with E-state index in [9.17, 15) is 13.2 Å². The first-order valence-corrected chi connectivity index (χ1v) is 11.6. The summed E-state index contributed by atoms with van der Waals surface area (Å²) in [5, 5.41) is 4.63. The third kappa shape index (κ3) is 4.28. The first-order valence-electron chi connectivity index (χ1n) is 11.6. The number of imidazole rings is 1.